The number of aryl methyl sites for hydroxylation is 1. The van der Waals surface area contributed by atoms with Crippen molar-refractivity contribution in [3.63, 3.8) is 0 Å². The summed E-state index contributed by atoms with van der Waals surface area (Å²) in [5, 5.41) is 2.77. The second-order valence-corrected chi connectivity index (χ2v) is 16.1. The molecule has 5 nitrogen and oxygen atoms in total. The largest absolute Gasteiger partial charge is 0.744 e. The molecular formula is C43H45Cl2NO4S. The summed E-state index contributed by atoms with van der Waals surface area (Å²) in [6.07, 6.45) is 3.88. The van der Waals surface area contributed by atoms with Gasteiger partial charge in [0.1, 0.15) is 10.1 Å². The first kappa shape index (κ1) is 38.3. The highest BCUT2D eigenvalue weighted by Gasteiger charge is 2.57. The number of ether oxygens (including phenoxy) is 1. The molecule has 8 heteroatoms. The third-order valence-electron chi connectivity index (χ3n) is 9.66. The van der Waals surface area contributed by atoms with Gasteiger partial charge in [-0.25, -0.2) is 8.42 Å². The van der Waals surface area contributed by atoms with E-state index < -0.39 is 10.1 Å². The number of benzene rings is 5. The zero-order valence-corrected chi connectivity index (χ0v) is 31.8. The maximum absolute atomic E-state index is 10.9. The van der Waals surface area contributed by atoms with Gasteiger partial charge in [-0.15, -0.1) is 6.58 Å². The van der Waals surface area contributed by atoms with Gasteiger partial charge in [0.15, 0.2) is 18.7 Å². The van der Waals surface area contributed by atoms with Gasteiger partial charge in [-0.1, -0.05) is 140 Å². The Kier molecular flexibility index (Phi) is 12.5. The summed E-state index contributed by atoms with van der Waals surface area (Å²) in [4.78, 5) is -0.157. The van der Waals surface area contributed by atoms with E-state index in [-0.39, 0.29) is 22.3 Å². The monoisotopic (exact) mass is 741 g/mol. The minimum atomic E-state index is -4.38. The van der Waals surface area contributed by atoms with Crippen molar-refractivity contribution >= 4 is 50.0 Å². The van der Waals surface area contributed by atoms with E-state index in [1.54, 1.807) is 36.4 Å². The van der Waals surface area contributed by atoms with Crippen molar-refractivity contribution in [3.8, 4) is 0 Å². The lowest BCUT2D eigenvalue weighted by atomic mass is 9.69. The van der Waals surface area contributed by atoms with E-state index in [0.717, 1.165) is 40.8 Å². The second-order valence-electron chi connectivity index (χ2n) is 13.8. The normalized spacial score (nSPS) is 21.1. The fourth-order valence-corrected chi connectivity index (χ4v) is 8.23. The van der Waals surface area contributed by atoms with E-state index in [4.69, 9.17) is 27.9 Å². The second kappa shape index (κ2) is 16.6. The van der Waals surface area contributed by atoms with Crippen LogP contribution in [0.3, 0.4) is 0 Å². The maximum Gasteiger partial charge on any atom is 0.343 e. The Morgan fingerprint density at radius 2 is 1.53 bits per heavy atom. The molecule has 0 radical (unpaired) electrons. The van der Waals surface area contributed by atoms with E-state index in [0.29, 0.717) is 17.3 Å². The van der Waals surface area contributed by atoms with Gasteiger partial charge in [-0.2, -0.15) is 4.58 Å². The van der Waals surface area contributed by atoms with Crippen LogP contribution >= 0.6 is 23.2 Å². The Morgan fingerprint density at radius 1 is 0.882 bits per heavy atom. The average Bonchev–Trinajstić information content (AvgIpc) is 3.56. The van der Waals surface area contributed by atoms with Crippen LogP contribution in [-0.4, -0.2) is 36.1 Å². The zero-order valence-electron chi connectivity index (χ0n) is 29.5. The van der Waals surface area contributed by atoms with Gasteiger partial charge in [-0.3, -0.25) is 0 Å². The molecule has 0 amide bonds. The number of halogens is 2. The standard InChI is InChI=1S/C26H30Cl2NO.C10H8O3S.C7H8/c1-5-13-26(4)15-22(19-7-6-8-21(28)14-19)24(18-9-11-20(27)12-10-18)29-23(17(2)3)16-30-25(26)29;11-14(12,13)10-7-3-5-8-4-1-2-6-9(8)10;1-7-5-3-2-4-6-7/h5-12,14,17,22-24H,1,13,15-16H2,2-4H3;1-7H,(H,11,12,13);2-6H,1H3/q+1;;/p-1/t22-,23-,24-,26+;;/m1../s1. The van der Waals surface area contributed by atoms with E-state index in [9.17, 15) is 13.0 Å². The van der Waals surface area contributed by atoms with E-state index in [1.807, 2.05) is 42.5 Å². The highest BCUT2D eigenvalue weighted by molar-refractivity contribution is 7.86. The molecule has 2 aliphatic rings. The summed E-state index contributed by atoms with van der Waals surface area (Å²) in [7, 11) is -4.38. The van der Waals surface area contributed by atoms with Gasteiger partial charge < -0.3 is 9.29 Å². The summed E-state index contributed by atoms with van der Waals surface area (Å²) in [6.45, 7) is 13.7. The molecule has 0 aliphatic carbocycles. The van der Waals surface area contributed by atoms with Crippen molar-refractivity contribution in [3.05, 3.63) is 161 Å². The van der Waals surface area contributed by atoms with Gasteiger partial charge >= 0.3 is 5.90 Å². The lowest BCUT2D eigenvalue weighted by molar-refractivity contribution is -0.616. The Bertz CT molecular complexity index is 2090. The summed E-state index contributed by atoms with van der Waals surface area (Å²) >= 11 is 12.7. The molecule has 0 saturated heterocycles. The molecule has 2 heterocycles. The van der Waals surface area contributed by atoms with Gasteiger partial charge in [0.05, 0.1) is 16.2 Å². The number of rotatable bonds is 6. The number of fused-ring (bicyclic) bond motifs is 1. The highest BCUT2D eigenvalue weighted by Crippen LogP contribution is 2.51. The van der Waals surface area contributed by atoms with E-state index in [2.05, 4.69) is 81.3 Å². The molecule has 0 saturated carbocycles. The molecule has 5 aromatic carbocycles. The number of hydrogen-bond acceptors (Lipinski definition) is 4. The third-order valence-corrected chi connectivity index (χ3v) is 11.0. The molecule has 0 fully saturated rings. The van der Waals surface area contributed by atoms with Crippen LogP contribution in [0.25, 0.3) is 10.8 Å². The molecule has 0 unspecified atom stereocenters. The van der Waals surface area contributed by atoms with Crippen LogP contribution < -0.4 is 0 Å². The molecular weight excluding hydrogens is 697 g/mol. The summed E-state index contributed by atoms with van der Waals surface area (Å²) < 4.78 is 41.7. The van der Waals surface area contributed by atoms with Gasteiger partial charge in [0.2, 0.25) is 0 Å². The first-order valence-corrected chi connectivity index (χ1v) is 19.3. The summed E-state index contributed by atoms with van der Waals surface area (Å²) in [5.74, 6) is 1.87. The average molecular weight is 743 g/mol. The van der Waals surface area contributed by atoms with Crippen molar-refractivity contribution in [1.82, 2.24) is 0 Å². The van der Waals surface area contributed by atoms with Gasteiger partial charge in [0.25, 0.3) is 0 Å². The van der Waals surface area contributed by atoms with Crippen LogP contribution in [-0.2, 0) is 14.9 Å². The summed E-state index contributed by atoms with van der Waals surface area (Å²) in [6, 6.07) is 38.9. The molecule has 0 N–H and O–H groups in total. The minimum Gasteiger partial charge on any atom is -0.744 e. The molecule has 2 aliphatic heterocycles. The maximum atomic E-state index is 10.9. The third kappa shape index (κ3) is 9.11. The number of hydrogen-bond donors (Lipinski definition) is 0. The lowest BCUT2D eigenvalue weighted by Gasteiger charge is -2.39. The molecule has 51 heavy (non-hydrogen) atoms. The number of nitrogens with zero attached hydrogens (tertiary/aromatic N) is 1. The molecule has 5 aromatic rings. The smallest absolute Gasteiger partial charge is 0.343 e. The Hall–Kier alpha value is -3.94. The molecule has 4 atom stereocenters. The Labute approximate surface area is 313 Å². The van der Waals surface area contributed by atoms with E-state index in [1.165, 1.54) is 22.8 Å². The minimum absolute atomic E-state index is 0.0959. The van der Waals surface area contributed by atoms with Crippen LogP contribution in [0.1, 0.15) is 62.3 Å². The molecule has 7 rings (SSSR count). The fraction of sp³-hybridized carbons (Fsp3) is 0.279. The quantitative estimate of drug-likeness (QED) is 0.0987. The Balaban J connectivity index is 0.000000196. The van der Waals surface area contributed by atoms with Crippen LogP contribution in [0.15, 0.2) is 139 Å². The van der Waals surface area contributed by atoms with Crippen molar-refractivity contribution < 1.29 is 22.3 Å². The SMILES string of the molecule is C=CC[C@@]1(C)C[C@H](c2cccc(Cl)c2)[C@@H](c2ccc(Cl)cc2)[N+]2=C1OC[C@@H]2C(C)C.Cc1ccccc1.O=S(=O)([O-])c1cccc2ccccc12. The predicted molar refractivity (Wildman–Crippen MR) is 209 cm³/mol. The van der Waals surface area contributed by atoms with E-state index >= 15 is 0 Å². The van der Waals surface area contributed by atoms with Crippen LogP contribution in [0.4, 0.5) is 0 Å². The van der Waals surface area contributed by atoms with Crippen molar-refractivity contribution in [1.29, 1.82) is 0 Å². The van der Waals surface area contributed by atoms with Crippen molar-refractivity contribution in [2.45, 2.75) is 63.4 Å². The first-order valence-electron chi connectivity index (χ1n) is 17.2. The molecule has 266 valence electrons. The van der Waals surface area contributed by atoms with Crippen molar-refractivity contribution in [2.24, 2.45) is 11.3 Å². The first-order chi connectivity index (χ1) is 24.3. The van der Waals surface area contributed by atoms with Gasteiger partial charge in [0, 0.05) is 21.5 Å². The fourth-order valence-electron chi connectivity index (χ4n) is 7.21. The Morgan fingerprint density at radius 3 is 2.14 bits per heavy atom. The molecule has 0 spiro atoms. The van der Waals surface area contributed by atoms with Crippen LogP contribution in [0.5, 0.6) is 0 Å². The highest BCUT2D eigenvalue weighted by atomic mass is 35.5. The van der Waals surface area contributed by atoms with Gasteiger partial charge in [-0.05, 0) is 73.4 Å². The van der Waals surface area contributed by atoms with Crippen molar-refractivity contribution in [2.75, 3.05) is 6.61 Å². The molecule has 0 aromatic heterocycles. The van der Waals surface area contributed by atoms with Crippen LogP contribution in [0.2, 0.25) is 10.0 Å². The summed E-state index contributed by atoms with van der Waals surface area (Å²) in [5.41, 5.74) is 3.76. The lowest BCUT2D eigenvalue weighted by Crippen LogP contribution is -2.46. The predicted octanol–water partition coefficient (Wildman–Crippen LogP) is 11.0. The van der Waals surface area contributed by atoms with Crippen LogP contribution in [0, 0.1) is 18.3 Å². The topological polar surface area (TPSA) is 69.4 Å². The molecule has 0 bridgehead atoms. The zero-order chi connectivity index (χ0) is 36.8. The number of allylic oxidation sites excluding steroid dienone is 1.